The van der Waals surface area contributed by atoms with Crippen LogP contribution in [0.3, 0.4) is 0 Å². The zero-order chi connectivity index (χ0) is 15.1. The second-order valence-corrected chi connectivity index (χ2v) is 4.32. The zero-order valence-corrected chi connectivity index (χ0v) is 12.2. The smallest absolute Gasteiger partial charge is 0.341 e. The Bertz CT molecular complexity index is 600. The van der Waals surface area contributed by atoms with Crippen molar-refractivity contribution < 1.29 is 14.3 Å². The van der Waals surface area contributed by atoms with E-state index in [0.717, 1.165) is 5.75 Å². The number of aryl methyl sites for hydroxylation is 1. The van der Waals surface area contributed by atoms with Crippen molar-refractivity contribution in [1.82, 2.24) is 9.97 Å². The monoisotopic (exact) mass is 286 g/mol. The highest BCUT2D eigenvalue weighted by Gasteiger charge is 2.14. The lowest BCUT2D eigenvalue weighted by atomic mass is 10.2. The normalized spacial score (nSPS) is 10.2. The van der Waals surface area contributed by atoms with Crippen LogP contribution >= 0.6 is 0 Å². The minimum absolute atomic E-state index is 0.264. The lowest BCUT2D eigenvalue weighted by Crippen LogP contribution is -2.13. The number of para-hydroxylation sites is 1. The van der Waals surface area contributed by atoms with Gasteiger partial charge in [0.15, 0.2) is 5.82 Å². The zero-order valence-electron chi connectivity index (χ0n) is 12.2. The van der Waals surface area contributed by atoms with Crippen LogP contribution in [0.25, 0.3) is 0 Å². The van der Waals surface area contributed by atoms with Gasteiger partial charge in [-0.3, -0.25) is 0 Å². The summed E-state index contributed by atoms with van der Waals surface area (Å²) in [6, 6.07) is 9.46. The summed E-state index contributed by atoms with van der Waals surface area (Å²) >= 11 is 0. The van der Waals surface area contributed by atoms with Crippen molar-refractivity contribution >= 4 is 5.97 Å². The summed E-state index contributed by atoms with van der Waals surface area (Å²) in [7, 11) is 0. The first-order valence-electron chi connectivity index (χ1n) is 6.94. The molecule has 0 N–H and O–H groups in total. The molecule has 0 unspecified atom stereocenters. The number of benzene rings is 1. The van der Waals surface area contributed by atoms with Gasteiger partial charge in [-0.15, -0.1) is 0 Å². The average molecular weight is 286 g/mol. The molecule has 0 saturated heterocycles. The number of nitrogens with zero attached hydrogens (tertiary/aromatic N) is 2. The average Bonchev–Trinajstić information content (AvgIpc) is 2.53. The standard InChI is InChI=1S/C16H18N2O3/c1-3-14-13(16(19)20-4-2)10-17-15(18-14)11-21-12-8-6-5-7-9-12/h5-10H,3-4,11H2,1-2H3. The Hall–Kier alpha value is -2.43. The molecule has 2 aromatic rings. The highest BCUT2D eigenvalue weighted by molar-refractivity contribution is 5.90. The van der Waals surface area contributed by atoms with Gasteiger partial charge < -0.3 is 9.47 Å². The van der Waals surface area contributed by atoms with E-state index in [2.05, 4.69) is 9.97 Å². The fraction of sp³-hybridized carbons (Fsp3) is 0.312. The lowest BCUT2D eigenvalue weighted by Gasteiger charge is -2.09. The fourth-order valence-corrected chi connectivity index (χ4v) is 1.84. The highest BCUT2D eigenvalue weighted by Crippen LogP contribution is 2.12. The molecule has 0 saturated carbocycles. The highest BCUT2D eigenvalue weighted by atomic mass is 16.5. The summed E-state index contributed by atoms with van der Waals surface area (Å²) in [5.74, 6) is 0.919. The molecule has 1 aromatic heterocycles. The number of carbonyl (C=O) groups is 1. The molecule has 0 aliphatic carbocycles. The summed E-state index contributed by atoms with van der Waals surface area (Å²) < 4.78 is 10.6. The first-order chi connectivity index (χ1) is 10.2. The largest absolute Gasteiger partial charge is 0.486 e. The third-order valence-corrected chi connectivity index (χ3v) is 2.86. The first-order valence-corrected chi connectivity index (χ1v) is 6.94. The Morgan fingerprint density at radius 2 is 1.95 bits per heavy atom. The van der Waals surface area contributed by atoms with Gasteiger partial charge in [0, 0.05) is 6.20 Å². The second kappa shape index (κ2) is 7.38. The van der Waals surface area contributed by atoms with E-state index in [1.807, 2.05) is 37.3 Å². The van der Waals surface area contributed by atoms with Gasteiger partial charge in [-0.2, -0.15) is 0 Å². The van der Waals surface area contributed by atoms with Crippen molar-refractivity contribution in [3.05, 3.63) is 53.6 Å². The molecule has 5 heteroatoms. The van der Waals surface area contributed by atoms with Crippen molar-refractivity contribution in [2.45, 2.75) is 26.9 Å². The van der Waals surface area contributed by atoms with Crippen molar-refractivity contribution in [1.29, 1.82) is 0 Å². The van der Waals surface area contributed by atoms with Gasteiger partial charge in [0.05, 0.1) is 17.9 Å². The molecular formula is C16H18N2O3. The van der Waals surface area contributed by atoms with Gasteiger partial charge in [-0.1, -0.05) is 25.1 Å². The summed E-state index contributed by atoms with van der Waals surface area (Å²) in [5.41, 5.74) is 1.10. The molecule has 5 nitrogen and oxygen atoms in total. The van der Waals surface area contributed by atoms with E-state index >= 15 is 0 Å². The van der Waals surface area contributed by atoms with Crippen molar-refractivity contribution in [2.75, 3.05) is 6.61 Å². The summed E-state index contributed by atoms with van der Waals surface area (Å²) in [6.45, 7) is 4.31. The number of hydrogen-bond acceptors (Lipinski definition) is 5. The summed E-state index contributed by atoms with van der Waals surface area (Å²) in [4.78, 5) is 20.3. The topological polar surface area (TPSA) is 61.3 Å². The van der Waals surface area contributed by atoms with E-state index in [1.54, 1.807) is 6.92 Å². The Morgan fingerprint density at radius 1 is 1.19 bits per heavy atom. The SMILES string of the molecule is CCOC(=O)c1cnc(COc2ccccc2)nc1CC. The number of esters is 1. The number of ether oxygens (including phenoxy) is 2. The van der Waals surface area contributed by atoms with Crippen LogP contribution in [0.4, 0.5) is 0 Å². The predicted molar refractivity (Wildman–Crippen MR) is 78.1 cm³/mol. The molecule has 0 radical (unpaired) electrons. The number of hydrogen-bond donors (Lipinski definition) is 0. The van der Waals surface area contributed by atoms with E-state index in [0.29, 0.717) is 30.1 Å². The van der Waals surface area contributed by atoms with E-state index < -0.39 is 0 Å². The second-order valence-electron chi connectivity index (χ2n) is 4.32. The molecule has 110 valence electrons. The molecule has 1 heterocycles. The molecule has 0 aliphatic rings. The molecule has 2 rings (SSSR count). The van der Waals surface area contributed by atoms with Crippen LogP contribution < -0.4 is 4.74 Å². The Kier molecular flexibility index (Phi) is 5.26. The Balaban J connectivity index is 2.10. The van der Waals surface area contributed by atoms with Crippen LogP contribution in [-0.2, 0) is 17.8 Å². The van der Waals surface area contributed by atoms with Gasteiger partial charge in [-0.25, -0.2) is 14.8 Å². The quantitative estimate of drug-likeness (QED) is 0.764. The predicted octanol–water partition coefficient (Wildman–Crippen LogP) is 2.79. The maximum atomic E-state index is 11.8. The number of carbonyl (C=O) groups excluding carboxylic acids is 1. The molecule has 0 aliphatic heterocycles. The van der Waals surface area contributed by atoms with Crippen LogP contribution in [0.2, 0.25) is 0 Å². The van der Waals surface area contributed by atoms with Crippen LogP contribution in [0.15, 0.2) is 36.5 Å². The third kappa shape index (κ3) is 4.02. The van der Waals surface area contributed by atoms with Crippen molar-refractivity contribution in [3.8, 4) is 5.75 Å². The molecule has 21 heavy (non-hydrogen) atoms. The lowest BCUT2D eigenvalue weighted by molar-refractivity contribution is 0.0523. The number of aromatic nitrogens is 2. The molecule has 0 amide bonds. The first kappa shape index (κ1) is 15.0. The maximum Gasteiger partial charge on any atom is 0.341 e. The maximum absolute atomic E-state index is 11.8. The molecular weight excluding hydrogens is 268 g/mol. The van der Waals surface area contributed by atoms with E-state index in [1.165, 1.54) is 6.20 Å². The van der Waals surface area contributed by atoms with Gasteiger partial charge in [0.2, 0.25) is 0 Å². The van der Waals surface area contributed by atoms with Crippen LogP contribution in [0.5, 0.6) is 5.75 Å². The van der Waals surface area contributed by atoms with Crippen LogP contribution in [0.1, 0.15) is 35.7 Å². The van der Waals surface area contributed by atoms with Gasteiger partial charge in [0.1, 0.15) is 12.4 Å². The fourth-order valence-electron chi connectivity index (χ4n) is 1.84. The van der Waals surface area contributed by atoms with Crippen molar-refractivity contribution in [2.24, 2.45) is 0 Å². The number of rotatable bonds is 6. The summed E-state index contributed by atoms with van der Waals surface area (Å²) in [6.07, 6.45) is 2.14. The van der Waals surface area contributed by atoms with E-state index in [-0.39, 0.29) is 12.6 Å². The minimum Gasteiger partial charge on any atom is -0.486 e. The summed E-state index contributed by atoms with van der Waals surface area (Å²) in [5, 5.41) is 0. The minimum atomic E-state index is -0.384. The van der Waals surface area contributed by atoms with Gasteiger partial charge in [-0.05, 0) is 25.5 Å². The van der Waals surface area contributed by atoms with Crippen LogP contribution in [-0.4, -0.2) is 22.5 Å². The van der Waals surface area contributed by atoms with Crippen LogP contribution in [0, 0.1) is 0 Å². The Labute approximate surface area is 124 Å². The van der Waals surface area contributed by atoms with E-state index in [4.69, 9.17) is 9.47 Å². The Morgan fingerprint density at radius 3 is 2.62 bits per heavy atom. The van der Waals surface area contributed by atoms with Gasteiger partial charge >= 0.3 is 5.97 Å². The molecule has 0 spiro atoms. The molecule has 0 bridgehead atoms. The van der Waals surface area contributed by atoms with E-state index in [9.17, 15) is 4.79 Å². The molecule has 0 fully saturated rings. The molecule has 1 aromatic carbocycles. The molecule has 0 atom stereocenters. The third-order valence-electron chi connectivity index (χ3n) is 2.86. The van der Waals surface area contributed by atoms with Gasteiger partial charge in [0.25, 0.3) is 0 Å². The van der Waals surface area contributed by atoms with Crippen molar-refractivity contribution in [3.63, 3.8) is 0 Å².